The Bertz CT molecular complexity index is 1930. The average molecular weight is 732 g/mol. The van der Waals surface area contributed by atoms with Gasteiger partial charge >= 0.3 is 11.9 Å². The number of likely N-dealkylation sites (N-methyl/N-ethyl adjacent to an activating group) is 1. The molecule has 0 bridgehead atoms. The van der Waals surface area contributed by atoms with Crippen molar-refractivity contribution in [3.63, 3.8) is 0 Å². The first-order valence-corrected chi connectivity index (χ1v) is 19.2. The molecule has 1 amide bonds. The van der Waals surface area contributed by atoms with Crippen LogP contribution in [-0.4, -0.2) is 68.4 Å². The van der Waals surface area contributed by atoms with Gasteiger partial charge in [-0.2, -0.15) is 0 Å². The van der Waals surface area contributed by atoms with Crippen molar-refractivity contribution in [2.45, 2.75) is 77.1 Å². The van der Waals surface area contributed by atoms with E-state index in [4.69, 9.17) is 18.9 Å². The number of unbranched alkanes of at least 4 members (excludes halogenated alkanes) is 4. The Balaban J connectivity index is 1.19. The standard InChI is InChI=1S/C46H53NO7/c1-3-51-42(48)34-53-44(46(50)54-33-37-19-7-4-8-20-37)43(52-30-16-6-10-18-36-26-28-39-22-12-14-24-41(39)32-36)45(49)47(2)29-15-5-9-17-35-25-27-38-21-11-13-23-40(38)31-35/h4,7-8,11-14,19-28,31-32,43-44H,3,5-6,9-10,15-18,29-30,33-34H2,1-2H3/t43-,44-/m1/s1. The van der Waals surface area contributed by atoms with Gasteiger partial charge in [0.25, 0.3) is 5.91 Å². The molecule has 0 N–H and O–H groups in total. The summed E-state index contributed by atoms with van der Waals surface area (Å²) in [6.07, 6.45) is 4.30. The Morgan fingerprint density at radius 1 is 0.574 bits per heavy atom. The fourth-order valence-corrected chi connectivity index (χ4v) is 6.53. The SMILES string of the molecule is CCOC(=O)CO[C@@H](C(=O)OCc1ccccc1)[C@@H](OCCCCCc1ccc2ccccc2c1)C(=O)N(C)CCCCCc1ccc2ccccc2c1. The molecule has 5 aromatic carbocycles. The summed E-state index contributed by atoms with van der Waals surface area (Å²) in [6, 6.07) is 39.1. The number of fused-ring (bicyclic) bond motifs is 2. The van der Waals surface area contributed by atoms with E-state index >= 15 is 0 Å². The van der Waals surface area contributed by atoms with Crippen molar-refractivity contribution < 1.29 is 33.3 Å². The Morgan fingerprint density at radius 3 is 1.76 bits per heavy atom. The second-order valence-corrected chi connectivity index (χ2v) is 13.7. The van der Waals surface area contributed by atoms with Crippen LogP contribution in [0.1, 0.15) is 62.1 Å². The highest BCUT2D eigenvalue weighted by Crippen LogP contribution is 2.20. The lowest BCUT2D eigenvalue weighted by Gasteiger charge is -2.29. The zero-order chi connectivity index (χ0) is 38.0. The Hall–Kier alpha value is -5.05. The molecule has 5 rings (SSSR count). The Labute approximate surface area is 319 Å². The molecule has 0 radical (unpaired) electrons. The summed E-state index contributed by atoms with van der Waals surface area (Å²) in [5.41, 5.74) is 3.35. The van der Waals surface area contributed by atoms with Gasteiger partial charge in [0.05, 0.1) is 6.61 Å². The number of rotatable bonds is 22. The molecule has 8 nitrogen and oxygen atoms in total. The van der Waals surface area contributed by atoms with Crippen LogP contribution < -0.4 is 0 Å². The van der Waals surface area contributed by atoms with Gasteiger partial charge in [-0.1, -0.05) is 128 Å². The van der Waals surface area contributed by atoms with Crippen molar-refractivity contribution in [1.82, 2.24) is 4.90 Å². The summed E-state index contributed by atoms with van der Waals surface area (Å²) in [6.45, 7) is 2.03. The van der Waals surface area contributed by atoms with Gasteiger partial charge in [0.1, 0.15) is 13.2 Å². The number of carbonyl (C=O) groups is 3. The molecule has 0 aliphatic rings. The van der Waals surface area contributed by atoms with Crippen molar-refractivity contribution in [3.8, 4) is 0 Å². The predicted molar refractivity (Wildman–Crippen MR) is 213 cm³/mol. The van der Waals surface area contributed by atoms with Gasteiger partial charge in [-0.25, -0.2) is 9.59 Å². The topological polar surface area (TPSA) is 91.4 Å². The van der Waals surface area contributed by atoms with E-state index in [0.29, 0.717) is 13.0 Å². The molecule has 54 heavy (non-hydrogen) atoms. The molecule has 0 spiro atoms. The number of ether oxygens (including phenoxy) is 4. The number of hydrogen-bond acceptors (Lipinski definition) is 7. The molecule has 5 aromatic rings. The lowest BCUT2D eigenvalue weighted by Crippen LogP contribution is -2.50. The van der Waals surface area contributed by atoms with E-state index in [0.717, 1.165) is 50.5 Å². The molecule has 0 aromatic heterocycles. The molecule has 0 unspecified atom stereocenters. The molecular formula is C46H53NO7. The molecule has 0 aliphatic carbocycles. The van der Waals surface area contributed by atoms with Crippen LogP contribution in [0.5, 0.6) is 0 Å². The highest BCUT2D eigenvalue weighted by Gasteiger charge is 2.39. The van der Waals surface area contributed by atoms with Crippen LogP contribution in [0.4, 0.5) is 0 Å². The van der Waals surface area contributed by atoms with Gasteiger partial charge in [-0.15, -0.1) is 0 Å². The number of esters is 2. The second kappa shape index (κ2) is 21.6. The fraction of sp³-hybridized carbons (Fsp3) is 0.370. The summed E-state index contributed by atoms with van der Waals surface area (Å²) in [5, 5.41) is 4.91. The van der Waals surface area contributed by atoms with E-state index in [1.807, 2.05) is 48.5 Å². The number of hydrogen-bond donors (Lipinski definition) is 0. The smallest absolute Gasteiger partial charge is 0.338 e. The van der Waals surface area contributed by atoms with Crippen molar-refractivity contribution in [2.24, 2.45) is 0 Å². The Morgan fingerprint density at radius 2 is 1.15 bits per heavy atom. The summed E-state index contributed by atoms with van der Waals surface area (Å²) >= 11 is 0. The van der Waals surface area contributed by atoms with Crippen LogP contribution in [0.3, 0.4) is 0 Å². The first-order valence-electron chi connectivity index (χ1n) is 19.2. The molecule has 0 heterocycles. The van der Waals surface area contributed by atoms with E-state index in [9.17, 15) is 14.4 Å². The van der Waals surface area contributed by atoms with Gasteiger partial charge in [-0.05, 0) is 83.7 Å². The maximum atomic E-state index is 14.1. The van der Waals surface area contributed by atoms with Crippen molar-refractivity contribution in [1.29, 1.82) is 0 Å². The molecule has 0 saturated heterocycles. The van der Waals surface area contributed by atoms with Gasteiger partial charge in [0, 0.05) is 20.2 Å². The van der Waals surface area contributed by atoms with Crippen LogP contribution >= 0.6 is 0 Å². The second-order valence-electron chi connectivity index (χ2n) is 13.7. The highest BCUT2D eigenvalue weighted by molar-refractivity contribution is 5.89. The quantitative estimate of drug-likeness (QED) is 0.0520. The van der Waals surface area contributed by atoms with Crippen LogP contribution in [0.15, 0.2) is 115 Å². The van der Waals surface area contributed by atoms with E-state index in [-0.39, 0.29) is 19.8 Å². The molecule has 284 valence electrons. The summed E-state index contributed by atoms with van der Waals surface area (Å²) < 4.78 is 22.7. The molecule has 0 fully saturated rings. The maximum Gasteiger partial charge on any atom is 0.338 e. The largest absolute Gasteiger partial charge is 0.464 e. The molecule has 0 saturated carbocycles. The maximum absolute atomic E-state index is 14.1. The monoisotopic (exact) mass is 731 g/mol. The zero-order valence-corrected chi connectivity index (χ0v) is 31.6. The summed E-state index contributed by atoms with van der Waals surface area (Å²) in [4.78, 5) is 41.6. The van der Waals surface area contributed by atoms with Crippen LogP contribution in [-0.2, 0) is 52.8 Å². The van der Waals surface area contributed by atoms with Crippen molar-refractivity contribution >= 4 is 39.4 Å². The lowest BCUT2D eigenvalue weighted by molar-refractivity contribution is -0.181. The zero-order valence-electron chi connectivity index (χ0n) is 31.6. The van der Waals surface area contributed by atoms with E-state index in [1.165, 1.54) is 32.7 Å². The van der Waals surface area contributed by atoms with Gasteiger partial charge < -0.3 is 23.8 Å². The number of amides is 1. The highest BCUT2D eigenvalue weighted by atomic mass is 16.6. The average Bonchev–Trinajstić information content (AvgIpc) is 3.20. The fourth-order valence-electron chi connectivity index (χ4n) is 6.53. The molecule has 2 atom stereocenters. The van der Waals surface area contributed by atoms with Crippen LogP contribution in [0, 0.1) is 0 Å². The van der Waals surface area contributed by atoms with E-state index < -0.39 is 36.7 Å². The third-order valence-corrected chi connectivity index (χ3v) is 9.53. The summed E-state index contributed by atoms with van der Waals surface area (Å²) in [5.74, 6) is -1.81. The van der Waals surface area contributed by atoms with E-state index in [1.54, 1.807) is 18.9 Å². The molecule has 0 aliphatic heterocycles. The van der Waals surface area contributed by atoms with Gasteiger partial charge in [-0.3, -0.25) is 4.79 Å². The minimum atomic E-state index is -1.46. The normalized spacial score (nSPS) is 12.3. The lowest BCUT2D eigenvalue weighted by atomic mass is 10.0. The van der Waals surface area contributed by atoms with Gasteiger partial charge in [0.15, 0.2) is 12.2 Å². The minimum absolute atomic E-state index is 0.0122. The van der Waals surface area contributed by atoms with Crippen LogP contribution in [0.2, 0.25) is 0 Å². The first kappa shape index (κ1) is 40.1. The third-order valence-electron chi connectivity index (χ3n) is 9.53. The van der Waals surface area contributed by atoms with Crippen LogP contribution in [0.25, 0.3) is 21.5 Å². The predicted octanol–water partition coefficient (Wildman–Crippen LogP) is 8.65. The van der Waals surface area contributed by atoms with Gasteiger partial charge in [0.2, 0.25) is 0 Å². The number of nitrogens with zero attached hydrogens (tertiary/aromatic N) is 1. The first-order chi connectivity index (χ1) is 26.4. The Kier molecular flexibility index (Phi) is 16.1. The van der Waals surface area contributed by atoms with E-state index in [2.05, 4.69) is 66.7 Å². The van der Waals surface area contributed by atoms with Crippen molar-refractivity contribution in [3.05, 3.63) is 132 Å². The summed E-state index contributed by atoms with van der Waals surface area (Å²) in [7, 11) is 1.71. The molecular weight excluding hydrogens is 679 g/mol. The molecule has 8 heteroatoms. The number of benzene rings is 5. The minimum Gasteiger partial charge on any atom is -0.464 e. The number of aryl methyl sites for hydroxylation is 2. The number of carbonyl (C=O) groups excluding carboxylic acids is 3. The third kappa shape index (κ3) is 12.5. The van der Waals surface area contributed by atoms with Crippen molar-refractivity contribution in [2.75, 3.05) is 33.4 Å².